The highest BCUT2D eigenvalue weighted by molar-refractivity contribution is 8.18. The fourth-order valence-corrected chi connectivity index (χ4v) is 3.45. The van der Waals surface area contributed by atoms with Crippen LogP contribution in [0.5, 0.6) is 5.75 Å². The van der Waals surface area contributed by atoms with Crippen molar-refractivity contribution in [2.45, 2.75) is 13.8 Å². The number of ether oxygens (including phenoxy) is 1. The molecule has 4 nitrogen and oxygen atoms in total. The molecule has 0 saturated carbocycles. The number of hydrogen-bond acceptors (Lipinski definition) is 4. The van der Waals surface area contributed by atoms with Crippen LogP contribution in [-0.4, -0.2) is 18.2 Å². The molecule has 6 heteroatoms. The van der Waals surface area contributed by atoms with Gasteiger partial charge in [0.25, 0.3) is 5.91 Å². The van der Waals surface area contributed by atoms with Crippen LogP contribution >= 0.6 is 23.4 Å². The van der Waals surface area contributed by atoms with Gasteiger partial charge < -0.3 is 10.1 Å². The van der Waals surface area contributed by atoms with Crippen LogP contribution in [-0.2, 0) is 4.79 Å². The molecule has 1 saturated heterocycles. The molecule has 2 aromatic rings. The fourth-order valence-electron chi connectivity index (χ4n) is 2.45. The minimum Gasteiger partial charge on any atom is -0.496 e. The lowest BCUT2D eigenvalue weighted by Gasteiger charge is -2.05. The molecule has 0 radical (unpaired) electrons. The molecular formula is C19H17ClN2O2S. The Morgan fingerprint density at radius 1 is 1.24 bits per heavy atom. The highest BCUT2D eigenvalue weighted by Gasteiger charge is 2.24. The maximum atomic E-state index is 12.2. The molecule has 0 aliphatic carbocycles. The van der Waals surface area contributed by atoms with E-state index in [1.165, 1.54) is 11.8 Å². The highest BCUT2D eigenvalue weighted by Crippen LogP contribution is 2.31. The maximum Gasteiger partial charge on any atom is 0.264 e. The minimum absolute atomic E-state index is 0.156. The van der Waals surface area contributed by atoms with Crippen molar-refractivity contribution in [1.29, 1.82) is 0 Å². The Kier molecular flexibility index (Phi) is 5.16. The van der Waals surface area contributed by atoms with E-state index in [9.17, 15) is 4.79 Å². The van der Waals surface area contributed by atoms with E-state index < -0.39 is 0 Å². The zero-order valence-corrected chi connectivity index (χ0v) is 15.7. The molecule has 0 atom stereocenters. The number of nitrogens with zero attached hydrogens (tertiary/aromatic N) is 1. The number of thioether (sulfide) groups is 1. The summed E-state index contributed by atoms with van der Waals surface area (Å²) in [5.41, 5.74) is 3.59. The monoisotopic (exact) mass is 372 g/mol. The van der Waals surface area contributed by atoms with Crippen LogP contribution in [0.1, 0.15) is 16.7 Å². The Labute approximate surface area is 155 Å². The third-order valence-corrected chi connectivity index (χ3v) is 5.15. The first-order valence-electron chi connectivity index (χ1n) is 7.67. The maximum absolute atomic E-state index is 12.2. The van der Waals surface area contributed by atoms with Crippen LogP contribution in [0.3, 0.4) is 0 Å². The van der Waals surface area contributed by atoms with Crippen molar-refractivity contribution in [2.75, 3.05) is 7.11 Å². The van der Waals surface area contributed by atoms with Crippen molar-refractivity contribution in [3.8, 4) is 5.75 Å². The number of aryl methyl sites for hydroxylation is 1. The molecule has 1 amide bonds. The lowest BCUT2D eigenvalue weighted by molar-refractivity contribution is -0.115. The van der Waals surface area contributed by atoms with Crippen molar-refractivity contribution >= 4 is 46.2 Å². The number of carbonyl (C=O) groups excluding carboxylic acids is 1. The number of nitrogens with one attached hydrogen (secondary N) is 1. The van der Waals surface area contributed by atoms with Gasteiger partial charge in [-0.2, -0.15) is 0 Å². The number of aliphatic imine (C=N–C) groups is 1. The summed E-state index contributed by atoms with van der Waals surface area (Å²) in [4.78, 5) is 17.3. The predicted molar refractivity (Wildman–Crippen MR) is 105 cm³/mol. The van der Waals surface area contributed by atoms with Crippen LogP contribution < -0.4 is 10.1 Å². The number of amides is 1. The Bertz CT molecular complexity index is 906. The molecule has 1 N–H and O–H groups in total. The van der Waals surface area contributed by atoms with Gasteiger partial charge in [-0.05, 0) is 72.6 Å². The molecule has 25 heavy (non-hydrogen) atoms. The first kappa shape index (κ1) is 17.6. The summed E-state index contributed by atoms with van der Waals surface area (Å²) in [6.07, 6.45) is 1.85. The summed E-state index contributed by atoms with van der Waals surface area (Å²) in [5.74, 6) is 0.668. The average Bonchev–Trinajstić information content (AvgIpc) is 2.91. The van der Waals surface area contributed by atoms with E-state index in [2.05, 4.69) is 10.3 Å². The summed E-state index contributed by atoms with van der Waals surface area (Å²) < 4.78 is 5.26. The molecule has 0 spiro atoms. The Morgan fingerprint density at radius 3 is 2.76 bits per heavy atom. The van der Waals surface area contributed by atoms with Gasteiger partial charge in [-0.25, -0.2) is 4.99 Å². The van der Waals surface area contributed by atoms with Gasteiger partial charge in [0.2, 0.25) is 0 Å². The van der Waals surface area contributed by atoms with Crippen LogP contribution in [0.2, 0.25) is 5.02 Å². The second-order valence-corrected chi connectivity index (χ2v) is 7.03. The molecule has 1 heterocycles. The largest absolute Gasteiger partial charge is 0.496 e. The van der Waals surface area contributed by atoms with E-state index in [0.29, 0.717) is 15.1 Å². The fraction of sp³-hybridized carbons (Fsp3) is 0.158. The number of methoxy groups -OCH3 is 1. The number of hydrogen-bond donors (Lipinski definition) is 1. The molecule has 1 aliphatic heterocycles. The van der Waals surface area contributed by atoms with Gasteiger partial charge >= 0.3 is 0 Å². The zero-order chi connectivity index (χ0) is 18.0. The smallest absolute Gasteiger partial charge is 0.264 e. The van der Waals surface area contributed by atoms with Gasteiger partial charge in [0.05, 0.1) is 17.7 Å². The summed E-state index contributed by atoms with van der Waals surface area (Å²) in [7, 11) is 1.64. The molecule has 1 fully saturated rings. The molecule has 0 bridgehead atoms. The van der Waals surface area contributed by atoms with Gasteiger partial charge in [-0.15, -0.1) is 0 Å². The van der Waals surface area contributed by atoms with Crippen LogP contribution in [0.15, 0.2) is 46.3 Å². The van der Waals surface area contributed by atoms with E-state index in [1.807, 2.05) is 56.3 Å². The van der Waals surface area contributed by atoms with E-state index in [4.69, 9.17) is 16.3 Å². The number of halogens is 1. The van der Waals surface area contributed by atoms with Gasteiger partial charge in [0.1, 0.15) is 5.75 Å². The lowest BCUT2D eigenvalue weighted by atomic mass is 10.1. The standard InChI is InChI=1S/C19H17ClN2O2S/c1-11-9-13(7-8-16(11)24-3)10-17-18(23)22-19(25-17)21-15-6-4-5-14(20)12(15)2/h4-10H,1-3H3,(H,21,22,23)/b17-10-. The second-order valence-electron chi connectivity index (χ2n) is 5.59. The normalized spacial score (nSPS) is 17.2. The SMILES string of the molecule is COc1ccc(/C=C2\SC(=Nc3cccc(Cl)c3C)NC2=O)cc1C. The molecule has 0 aromatic heterocycles. The quantitative estimate of drug-likeness (QED) is 0.783. The average molecular weight is 373 g/mol. The van der Waals surface area contributed by atoms with Crippen molar-refractivity contribution in [2.24, 2.45) is 4.99 Å². The van der Waals surface area contributed by atoms with Crippen molar-refractivity contribution in [3.05, 3.63) is 63.0 Å². The van der Waals surface area contributed by atoms with E-state index in [0.717, 1.165) is 28.1 Å². The summed E-state index contributed by atoms with van der Waals surface area (Å²) in [5, 5.41) is 4.00. The lowest BCUT2D eigenvalue weighted by Crippen LogP contribution is -2.19. The minimum atomic E-state index is -0.156. The third kappa shape index (κ3) is 3.89. The van der Waals surface area contributed by atoms with Gasteiger partial charge in [-0.3, -0.25) is 4.79 Å². The highest BCUT2D eigenvalue weighted by atomic mass is 35.5. The molecule has 0 unspecified atom stereocenters. The Balaban J connectivity index is 1.86. The van der Waals surface area contributed by atoms with Crippen LogP contribution in [0.25, 0.3) is 6.08 Å². The first-order valence-corrected chi connectivity index (χ1v) is 8.86. The summed E-state index contributed by atoms with van der Waals surface area (Å²) >= 11 is 7.43. The molecular weight excluding hydrogens is 356 g/mol. The van der Waals surface area contributed by atoms with Crippen LogP contribution in [0, 0.1) is 13.8 Å². The number of carbonyl (C=O) groups is 1. The van der Waals surface area contributed by atoms with E-state index in [1.54, 1.807) is 7.11 Å². The topological polar surface area (TPSA) is 50.7 Å². The van der Waals surface area contributed by atoms with Crippen LogP contribution in [0.4, 0.5) is 5.69 Å². The van der Waals surface area contributed by atoms with Gasteiger partial charge in [0.15, 0.2) is 5.17 Å². The second kappa shape index (κ2) is 7.33. The number of rotatable bonds is 3. The van der Waals surface area contributed by atoms with Crippen molar-refractivity contribution in [3.63, 3.8) is 0 Å². The summed E-state index contributed by atoms with van der Waals surface area (Å²) in [6, 6.07) is 11.3. The molecule has 128 valence electrons. The van der Waals surface area contributed by atoms with Gasteiger partial charge in [0, 0.05) is 5.02 Å². The van der Waals surface area contributed by atoms with E-state index >= 15 is 0 Å². The zero-order valence-electron chi connectivity index (χ0n) is 14.1. The predicted octanol–water partition coefficient (Wildman–Crippen LogP) is 4.86. The number of benzene rings is 2. The van der Waals surface area contributed by atoms with Gasteiger partial charge in [-0.1, -0.05) is 23.7 Å². The third-order valence-electron chi connectivity index (χ3n) is 3.83. The first-order chi connectivity index (χ1) is 12.0. The van der Waals surface area contributed by atoms with E-state index in [-0.39, 0.29) is 5.91 Å². The summed E-state index contributed by atoms with van der Waals surface area (Å²) in [6.45, 7) is 3.87. The van der Waals surface area contributed by atoms with Crippen molar-refractivity contribution < 1.29 is 9.53 Å². The molecule has 2 aromatic carbocycles. The molecule has 1 aliphatic rings. The van der Waals surface area contributed by atoms with Crippen molar-refractivity contribution in [1.82, 2.24) is 5.32 Å². The number of amidine groups is 1. The Morgan fingerprint density at radius 2 is 2.04 bits per heavy atom. The molecule has 3 rings (SSSR count). The Hall–Kier alpha value is -2.24.